The molecule has 0 spiro atoms. The molecule has 2 heterocycles. The van der Waals surface area contributed by atoms with Crippen molar-refractivity contribution in [3.8, 4) is 0 Å². The van der Waals surface area contributed by atoms with Crippen LogP contribution in [-0.2, 0) is 16.0 Å². The van der Waals surface area contributed by atoms with Crippen LogP contribution in [0, 0.1) is 6.92 Å². The highest BCUT2D eigenvalue weighted by molar-refractivity contribution is 9.10. The summed E-state index contributed by atoms with van der Waals surface area (Å²) in [7, 11) is 1.35. The van der Waals surface area contributed by atoms with Crippen molar-refractivity contribution in [3.05, 3.63) is 22.1 Å². The lowest BCUT2D eigenvalue weighted by Gasteiger charge is -1.94. The highest BCUT2D eigenvalue weighted by Crippen LogP contribution is 2.19. The number of imidazole rings is 1. The molecule has 0 fully saturated rings. The molecule has 6 heteroatoms. The molecule has 0 aliphatic heterocycles. The SMILES string of the molecule is COC(=O)Cc1nc2nc(C)c(Br)cc2[nH]1. The Hall–Kier alpha value is -1.43. The van der Waals surface area contributed by atoms with Crippen LogP contribution >= 0.6 is 15.9 Å². The molecule has 0 aromatic carbocycles. The summed E-state index contributed by atoms with van der Waals surface area (Å²) in [6.45, 7) is 1.89. The van der Waals surface area contributed by atoms with Gasteiger partial charge in [0.05, 0.1) is 18.3 Å². The van der Waals surface area contributed by atoms with E-state index in [4.69, 9.17) is 0 Å². The van der Waals surface area contributed by atoms with Crippen molar-refractivity contribution in [3.63, 3.8) is 0 Å². The van der Waals surface area contributed by atoms with Crippen molar-refractivity contribution >= 4 is 33.1 Å². The summed E-state index contributed by atoms with van der Waals surface area (Å²) in [5, 5.41) is 0. The van der Waals surface area contributed by atoms with Gasteiger partial charge in [0.25, 0.3) is 0 Å². The first-order valence-electron chi connectivity index (χ1n) is 4.68. The lowest BCUT2D eigenvalue weighted by atomic mass is 10.3. The second-order valence-electron chi connectivity index (χ2n) is 3.36. The fraction of sp³-hybridized carbons (Fsp3) is 0.300. The molecule has 0 aliphatic carbocycles. The van der Waals surface area contributed by atoms with Crippen LogP contribution in [-0.4, -0.2) is 28.0 Å². The lowest BCUT2D eigenvalue weighted by Crippen LogP contribution is -2.05. The van der Waals surface area contributed by atoms with Crippen LogP contribution in [0.25, 0.3) is 11.2 Å². The Morgan fingerprint density at radius 2 is 2.31 bits per heavy atom. The number of aromatic nitrogens is 3. The number of esters is 1. The molecule has 0 radical (unpaired) electrons. The van der Waals surface area contributed by atoms with E-state index in [1.807, 2.05) is 13.0 Å². The van der Waals surface area contributed by atoms with Gasteiger partial charge < -0.3 is 9.72 Å². The van der Waals surface area contributed by atoms with Gasteiger partial charge in [-0.3, -0.25) is 4.79 Å². The number of aryl methyl sites for hydroxylation is 1. The first kappa shape index (κ1) is 11.1. The topological polar surface area (TPSA) is 67.9 Å². The molecule has 0 saturated carbocycles. The maximum absolute atomic E-state index is 11.1. The average molecular weight is 284 g/mol. The van der Waals surface area contributed by atoms with Gasteiger partial charge in [-0.1, -0.05) is 0 Å². The number of hydrogen-bond donors (Lipinski definition) is 1. The third-order valence-corrected chi connectivity index (χ3v) is 2.99. The molecule has 1 N–H and O–H groups in total. The molecule has 0 bridgehead atoms. The van der Waals surface area contributed by atoms with Crippen molar-refractivity contribution in [2.45, 2.75) is 13.3 Å². The number of ether oxygens (including phenoxy) is 1. The van der Waals surface area contributed by atoms with Gasteiger partial charge in [-0.2, -0.15) is 0 Å². The summed E-state index contributed by atoms with van der Waals surface area (Å²) in [4.78, 5) is 22.6. The van der Waals surface area contributed by atoms with Crippen LogP contribution in [0.3, 0.4) is 0 Å². The van der Waals surface area contributed by atoms with Crippen LogP contribution in [0.15, 0.2) is 10.5 Å². The molecule has 0 amide bonds. The van der Waals surface area contributed by atoms with E-state index in [0.29, 0.717) is 11.5 Å². The average Bonchev–Trinajstić information content (AvgIpc) is 2.60. The van der Waals surface area contributed by atoms with E-state index >= 15 is 0 Å². The van der Waals surface area contributed by atoms with Crippen molar-refractivity contribution in [2.75, 3.05) is 7.11 Å². The minimum absolute atomic E-state index is 0.128. The summed E-state index contributed by atoms with van der Waals surface area (Å²) >= 11 is 3.39. The van der Waals surface area contributed by atoms with Gasteiger partial charge in [0.15, 0.2) is 5.65 Å². The van der Waals surface area contributed by atoms with Gasteiger partial charge in [0, 0.05) is 4.47 Å². The van der Waals surface area contributed by atoms with Crippen LogP contribution in [0.1, 0.15) is 11.5 Å². The molecule has 0 atom stereocenters. The van der Waals surface area contributed by atoms with Gasteiger partial charge >= 0.3 is 5.97 Å². The summed E-state index contributed by atoms with van der Waals surface area (Å²) in [5.41, 5.74) is 2.28. The monoisotopic (exact) mass is 283 g/mol. The highest BCUT2D eigenvalue weighted by Gasteiger charge is 2.10. The number of rotatable bonds is 2. The Kier molecular flexibility index (Phi) is 2.91. The predicted octanol–water partition coefficient (Wildman–Crippen LogP) is 1.74. The predicted molar refractivity (Wildman–Crippen MR) is 62.0 cm³/mol. The van der Waals surface area contributed by atoms with Crippen LogP contribution < -0.4 is 0 Å². The van der Waals surface area contributed by atoms with Gasteiger partial charge in [-0.15, -0.1) is 0 Å². The standard InChI is InChI=1S/C10H10BrN3O2/c1-5-6(11)3-7-10(12-5)14-8(13-7)4-9(15)16-2/h3H,4H2,1-2H3,(H,12,13,14). The van der Waals surface area contributed by atoms with Crippen molar-refractivity contribution < 1.29 is 9.53 Å². The van der Waals surface area contributed by atoms with Gasteiger partial charge in [0.2, 0.25) is 0 Å². The van der Waals surface area contributed by atoms with E-state index in [1.165, 1.54) is 7.11 Å². The molecule has 84 valence electrons. The fourth-order valence-corrected chi connectivity index (χ4v) is 1.67. The fourth-order valence-electron chi connectivity index (χ4n) is 1.35. The minimum Gasteiger partial charge on any atom is -0.469 e. The molecule has 2 rings (SSSR count). The van der Waals surface area contributed by atoms with Crippen molar-refractivity contribution in [1.29, 1.82) is 0 Å². The zero-order valence-electron chi connectivity index (χ0n) is 8.87. The second-order valence-corrected chi connectivity index (χ2v) is 4.22. The second kappa shape index (κ2) is 4.21. The van der Waals surface area contributed by atoms with Crippen molar-refractivity contribution in [1.82, 2.24) is 15.0 Å². The Morgan fingerprint density at radius 3 is 3.00 bits per heavy atom. The van der Waals surface area contributed by atoms with Crippen molar-refractivity contribution in [2.24, 2.45) is 0 Å². The van der Waals surface area contributed by atoms with Crippen LogP contribution in [0.5, 0.6) is 0 Å². The zero-order chi connectivity index (χ0) is 11.7. The number of hydrogen-bond acceptors (Lipinski definition) is 4. The summed E-state index contributed by atoms with van der Waals surface area (Å²) in [5.74, 6) is 0.238. The van der Waals surface area contributed by atoms with Gasteiger partial charge in [0.1, 0.15) is 12.2 Å². The lowest BCUT2D eigenvalue weighted by molar-refractivity contribution is -0.139. The van der Waals surface area contributed by atoms with Gasteiger partial charge in [-0.05, 0) is 28.9 Å². The molecular weight excluding hydrogens is 274 g/mol. The smallest absolute Gasteiger partial charge is 0.313 e. The van der Waals surface area contributed by atoms with Crippen LogP contribution in [0.4, 0.5) is 0 Å². The molecule has 0 unspecified atom stereocenters. The molecule has 0 aliphatic rings. The quantitative estimate of drug-likeness (QED) is 0.853. The Morgan fingerprint density at radius 1 is 1.56 bits per heavy atom. The Balaban J connectivity index is 2.40. The third-order valence-electron chi connectivity index (χ3n) is 2.19. The number of fused-ring (bicyclic) bond motifs is 1. The number of aromatic amines is 1. The molecule has 0 saturated heterocycles. The normalized spacial score (nSPS) is 10.7. The first-order chi connectivity index (χ1) is 7.60. The Bertz CT molecular complexity index is 511. The van der Waals surface area contributed by atoms with E-state index in [1.54, 1.807) is 0 Å². The summed E-state index contributed by atoms with van der Waals surface area (Å²) < 4.78 is 5.48. The van der Waals surface area contributed by atoms with E-state index in [0.717, 1.165) is 15.7 Å². The molecular formula is C10H10BrN3O2. The minimum atomic E-state index is -0.324. The number of halogens is 1. The number of pyridine rings is 1. The number of carbonyl (C=O) groups excluding carboxylic acids is 1. The van der Waals surface area contributed by atoms with E-state index in [2.05, 4.69) is 35.6 Å². The molecule has 5 nitrogen and oxygen atoms in total. The van der Waals surface area contributed by atoms with E-state index in [-0.39, 0.29) is 12.4 Å². The number of methoxy groups -OCH3 is 1. The maximum atomic E-state index is 11.1. The number of nitrogens with zero attached hydrogens (tertiary/aromatic N) is 2. The molecule has 16 heavy (non-hydrogen) atoms. The summed E-state index contributed by atoms with van der Waals surface area (Å²) in [6.07, 6.45) is 0.128. The zero-order valence-corrected chi connectivity index (χ0v) is 10.5. The highest BCUT2D eigenvalue weighted by atomic mass is 79.9. The molecule has 2 aromatic heterocycles. The molecule has 2 aromatic rings. The largest absolute Gasteiger partial charge is 0.469 e. The first-order valence-corrected chi connectivity index (χ1v) is 5.48. The number of nitrogens with one attached hydrogen (secondary N) is 1. The number of H-pyrrole nitrogens is 1. The Labute approximate surface area is 100 Å². The summed E-state index contributed by atoms with van der Waals surface area (Å²) in [6, 6.07) is 1.89. The van der Waals surface area contributed by atoms with Crippen LogP contribution in [0.2, 0.25) is 0 Å². The van der Waals surface area contributed by atoms with Gasteiger partial charge in [-0.25, -0.2) is 9.97 Å². The maximum Gasteiger partial charge on any atom is 0.313 e. The number of carbonyl (C=O) groups is 1. The van der Waals surface area contributed by atoms with E-state index < -0.39 is 0 Å². The third kappa shape index (κ3) is 2.06. The van der Waals surface area contributed by atoms with E-state index in [9.17, 15) is 4.79 Å².